The number of alkyl carbamates (subject to hydrolysis) is 1. The minimum atomic E-state index is -0.918. The highest BCUT2D eigenvalue weighted by atomic mass is 32.2. The minimum Gasteiger partial charge on any atom is -0.444 e. The van der Waals surface area contributed by atoms with Gasteiger partial charge in [-0.1, -0.05) is 25.3 Å². The van der Waals surface area contributed by atoms with Crippen LogP contribution in [0.15, 0.2) is 18.2 Å². The third kappa shape index (κ3) is 7.24. The molecule has 4 N–H and O–H groups in total. The van der Waals surface area contributed by atoms with Gasteiger partial charge in [-0.3, -0.25) is 9.59 Å². The van der Waals surface area contributed by atoms with Crippen molar-refractivity contribution in [1.82, 2.24) is 15.1 Å². The Morgan fingerprint density at radius 2 is 1.79 bits per heavy atom. The van der Waals surface area contributed by atoms with Gasteiger partial charge in [0.25, 0.3) is 0 Å². The van der Waals surface area contributed by atoms with Crippen molar-refractivity contribution in [1.29, 1.82) is 0 Å². The number of nitrogens with two attached hydrogens (primary N) is 1. The Kier molecular flexibility index (Phi) is 9.12. The summed E-state index contributed by atoms with van der Waals surface area (Å²) in [4.78, 5) is 43.0. The van der Waals surface area contributed by atoms with E-state index in [2.05, 4.69) is 15.5 Å². The Balaban J connectivity index is 1.46. The van der Waals surface area contributed by atoms with Crippen molar-refractivity contribution in [3.63, 3.8) is 0 Å². The number of hydrogen-bond acceptors (Lipinski definition) is 7. The van der Waals surface area contributed by atoms with Crippen LogP contribution in [0.5, 0.6) is 0 Å². The molecule has 0 aromatic heterocycles. The van der Waals surface area contributed by atoms with Crippen molar-refractivity contribution in [2.75, 3.05) is 38.5 Å². The minimum absolute atomic E-state index is 0.0840. The first-order valence-electron chi connectivity index (χ1n) is 13.9. The smallest absolute Gasteiger partial charge is 0.408 e. The number of nitrogens with one attached hydrogen (secondary N) is 2. The number of rotatable bonds is 7. The van der Waals surface area contributed by atoms with Crippen LogP contribution in [0.4, 0.5) is 14.9 Å². The van der Waals surface area contributed by atoms with Gasteiger partial charge in [-0.25, -0.2) is 9.18 Å². The summed E-state index contributed by atoms with van der Waals surface area (Å²) in [6.45, 7) is 7.80. The maximum atomic E-state index is 15.2. The van der Waals surface area contributed by atoms with Crippen LogP contribution < -0.4 is 16.4 Å². The predicted octanol–water partition coefficient (Wildman–Crippen LogP) is 3.32. The van der Waals surface area contributed by atoms with Gasteiger partial charge in [0.15, 0.2) is 0 Å². The van der Waals surface area contributed by atoms with Crippen LogP contribution in [-0.2, 0) is 20.7 Å². The van der Waals surface area contributed by atoms with Crippen LogP contribution in [0.3, 0.4) is 0 Å². The first kappa shape index (κ1) is 29.6. The van der Waals surface area contributed by atoms with E-state index >= 15 is 4.39 Å². The highest BCUT2D eigenvalue weighted by molar-refractivity contribution is 8.09. The van der Waals surface area contributed by atoms with E-state index in [1.807, 2.05) is 7.05 Å². The molecule has 0 radical (unpaired) electrons. The zero-order valence-electron chi connectivity index (χ0n) is 23.4. The van der Waals surface area contributed by atoms with Gasteiger partial charge in [0, 0.05) is 32.6 Å². The van der Waals surface area contributed by atoms with Crippen LogP contribution in [0.1, 0.15) is 58.4 Å². The fraction of sp³-hybridized carbons (Fsp3) is 0.679. The molecule has 1 unspecified atom stereocenters. The first-order chi connectivity index (χ1) is 18.4. The molecule has 216 valence electrons. The number of likely N-dealkylation sites (N-methyl/N-ethyl adjacent to an activating group) is 1. The summed E-state index contributed by atoms with van der Waals surface area (Å²) in [5, 5.41) is 5.19. The lowest BCUT2D eigenvalue weighted by Crippen LogP contribution is -2.55. The number of amides is 3. The highest BCUT2D eigenvalue weighted by Crippen LogP contribution is 2.59. The van der Waals surface area contributed by atoms with Crippen LogP contribution in [0.2, 0.25) is 0 Å². The molecule has 2 saturated heterocycles. The predicted molar refractivity (Wildman–Crippen MR) is 151 cm³/mol. The molecular weight excluding hydrogens is 521 g/mol. The monoisotopic (exact) mass is 563 g/mol. The van der Waals surface area contributed by atoms with Gasteiger partial charge >= 0.3 is 6.09 Å². The molecule has 39 heavy (non-hydrogen) atoms. The number of nitrogens with zero attached hydrogens (tertiary/aromatic N) is 2. The average Bonchev–Trinajstić information content (AvgIpc) is 3.57. The lowest BCUT2D eigenvalue weighted by atomic mass is 9.79. The average molecular weight is 564 g/mol. The number of hydrogen-bond donors (Lipinski definition) is 3. The lowest BCUT2D eigenvalue weighted by molar-refractivity contribution is -0.135. The second-order valence-corrected chi connectivity index (χ2v) is 13.4. The number of thioether (sulfide) groups is 1. The zero-order chi connectivity index (χ0) is 28.4. The van der Waals surface area contributed by atoms with E-state index < -0.39 is 28.3 Å². The van der Waals surface area contributed by atoms with E-state index in [1.165, 1.54) is 30.3 Å². The lowest BCUT2D eigenvalue weighted by Gasteiger charge is -2.35. The normalized spacial score (nSPS) is 25.1. The van der Waals surface area contributed by atoms with Crippen molar-refractivity contribution >= 4 is 35.4 Å². The van der Waals surface area contributed by atoms with Crippen LogP contribution in [0.25, 0.3) is 0 Å². The number of halogens is 1. The van der Waals surface area contributed by atoms with E-state index in [1.54, 1.807) is 31.7 Å². The van der Waals surface area contributed by atoms with Crippen molar-refractivity contribution in [3.8, 4) is 0 Å². The number of piperazine rings is 1. The maximum absolute atomic E-state index is 15.2. The molecule has 3 aliphatic rings. The van der Waals surface area contributed by atoms with Crippen molar-refractivity contribution in [2.45, 2.75) is 81.1 Å². The Bertz CT molecular complexity index is 1070. The van der Waals surface area contributed by atoms with Gasteiger partial charge in [-0.05, 0) is 64.3 Å². The number of carbonyl (C=O) groups is 3. The molecule has 9 nitrogen and oxygen atoms in total. The van der Waals surface area contributed by atoms with E-state index in [0.717, 1.165) is 38.8 Å². The van der Waals surface area contributed by atoms with Gasteiger partial charge in [0.05, 0.1) is 11.1 Å². The largest absolute Gasteiger partial charge is 0.444 e. The van der Waals surface area contributed by atoms with Crippen LogP contribution in [-0.4, -0.2) is 82.7 Å². The SMILES string of the molecule is CN1CCN(C(=O)[C@@H](Cc2ccc(NC(=O)[C@]3(C4CCCCC4)SC3N)c(F)c2)NC(=O)OC(C)(C)C)CC1. The zero-order valence-corrected chi connectivity index (χ0v) is 24.2. The molecule has 1 aliphatic carbocycles. The summed E-state index contributed by atoms with van der Waals surface area (Å²) in [6.07, 6.45) is 4.65. The Labute approximate surface area is 234 Å². The third-order valence-electron chi connectivity index (χ3n) is 7.78. The number of carbonyl (C=O) groups excluding carboxylic acids is 3. The summed E-state index contributed by atoms with van der Waals surface area (Å²) in [5.74, 6) is -0.870. The van der Waals surface area contributed by atoms with Gasteiger partial charge in [0.1, 0.15) is 22.2 Å². The number of benzene rings is 1. The van der Waals surface area contributed by atoms with Crippen molar-refractivity contribution in [3.05, 3.63) is 29.6 Å². The summed E-state index contributed by atoms with van der Waals surface area (Å²) >= 11 is 1.46. The van der Waals surface area contributed by atoms with Crippen LogP contribution >= 0.6 is 11.8 Å². The number of ether oxygens (including phenoxy) is 1. The summed E-state index contributed by atoms with van der Waals surface area (Å²) in [7, 11) is 1.99. The van der Waals surface area contributed by atoms with Crippen molar-refractivity contribution < 1.29 is 23.5 Å². The molecular formula is C28H42FN5O4S. The first-order valence-corrected chi connectivity index (χ1v) is 14.8. The van der Waals surface area contributed by atoms with E-state index in [4.69, 9.17) is 10.5 Å². The summed E-state index contributed by atoms with van der Waals surface area (Å²) in [5.41, 5.74) is 6.08. The Hall–Kier alpha value is -2.37. The van der Waals surface area contributed by atoms with Crippen molar-refractivity contribution in [2.24, 2.45) is 11.7 Å². The Morgan fingerprint density at radius 1 is 1.15 bits per heavy atom. The quantitative estimate of drug-likeness (QED) is 0.436. The maximum Gasteiger partial charge on any atom is 0.408 e. The van der Waals surface area contributed by atoms with Gasteiger partial charge in [-0.2, -0.15) is 0 Å². The summed E-state index contributed by atoms with van der Waals surface area (Å²) in [6, 6.07) is 3.58. The Morgan fingerprint density at radius 3 is 2.36 bits per heavy atom. The summed E-state index contributed by atoms with van der Waals surface area (Å²) < 4.78 is 19.9. The molecule has 1 aromatic carbocycles. The molecule has 3 atom stereocenters. The molecule has 3 fully saturated rings. The molecule has 1 aromatic rings. The molecule has 4 rings (SSSR count). The molecule has 2 aliphatic heterocycles. The highest BCUT2D eigenvalue weighted by Gasteiger charge is 2.64. The fourth-order valence-electron chi connectivity index (χ4n) is 5.54. The topological polar surface area (TPSA) is 117 Å². The van der Waals surface area contributed by atoms with E-state index in [9.17, 15) is 14.4 Å². The second-order valence-electron chi connectivity index (χ2n) is 12.0. The van der Waals surface area contributed by atoms with Gasteiger partial charge in [0.2, 0.25) is 11.8 Å². The standard InChI is InChI=1S/C28H42FN5O4S/c1-27(2,3)38-26(37)32-22(23(35)34-14-12-33(4)13-15-34)17-18-10-11-21(20(29)16-18)31-25(36)28(24(30)39-28)19-8-6-5-7-9-19/h10-11,16,19,22,24H,5-9,12-15,17,30H2,1-4H3,(H,31,36)(H,32,37)/t22-,24?,28-/m1/s1. The van der Waals surface area contributed by atoms with Gasteiger partial charge < -0.3 is 30.9 Å². The van der Waals surface area contributed by atoms with Crippen LogP contribution in [0, 0.1) is 11.7 Å². The van der Waals surface area contributed by atoms with Gasteiger partial charge in [-0.15, -0.1) is 11.8 Å². The molecule has 2 heterocycles. The molecule has 1 saturated carbocycles. The molecule has 0 bridgehead atoms. The van der Waals surface area contributed by atoms with E-state index in [0.29, 0.717) is 18.7 Å². The third-order valence-corrected chi connectivity index (χ3v) is 9.31. The molecule has 3 amide bonds. The van der Waals surface area contributed by atoms with E-state index in [-0.39, 0.29) is 35.2 Å². The molecule has 11 heteroatoms. The fourth-order valence-corrected chi connectivity index (χ4v) is 6.78. The second kappa shape index (κ2) is 12.0. The molecule has 0 spiro atoms. The number of anilines is 1.